The largest absolute Gasteiger partial charge is 0.395 e. The Hall–Kier alpha value is -1.13. The molecule has 0 aliphatic heterocycles. The molecular formula is C17H27N3O. The molecule has 4 nitrogen and oxygen atoms in total. The smallest absolute Gasteiger partial charge is 0.133 e. The highest BCUT2D eigenvalue weighted by molar-refractivity contribution is 5.51. The van der Waals surface area contributed by atoms with Crippen molar-refractivity contribution in [1.29, 1.82) is 0 Å². The second-order valence-electron chi connectivity index (χ2n) is 6.34. The molecule has 0 saturated heterocycles. The lowest BCUT2D eigenvalue weighted by atomic mass is 9.94. The molecule has 1 saturated carbocycles. The van der Waals surface area contributed by atoms with E-state index in [2.05, 4.69) is 11.0 Å². The van der Waals surface area contributed by atoms with Crippen molar-refractivity contribution >= 4 is 5.82 Å². The molecule has 0 radical (unpaired) electrons. The summed E-state index contributed by atoms with van der Waals surface area (Å²) in [6.07, 6.45) is 9.73. The van der Waals surface area contributed by atoms with Crippen LogP contribution in [0.3, 0.4) is 0 Å². The highest BCUT2D eigenvalue weighted by Gasteiger charge is 2.26. The Kier molecular flexibility index (Phi) is 4.76. The average molecular weight is 289 g/mol. The van der Waals surface area contributed by atoms with Crippen LogP contribution in [0.4, 0.5) is 5.82 Å². The SMILES string of the molecule is NCc1cc2c(nc1N(CCO)C1CCCC1)CCCC2. The van der Waals surface area contributed by atoms with Gasteiger partial charge in [0.15, 0.2) is 0 Å². The Morgan fingerprint density at radius 2 is 1.95 bits per heavy atom. The Balaban J connectivity index is 1.96. The first-order chi connectivity index (χ1) is 10.3. The van der Waals surface area contributed by atoms with Gasteiger partial charge in [-0.3, -0.25) is 0 Å². The summed E-state index contributed by atoms with van der Waals surface area (Å²) in [5, 5.41) is 9.46. The molecule has 4 heteroatoms. The van der Waals surface area contributed by atoms with E-state index < -0.39 is 0 Å². The molecule has 3 N–H and O–H groups in total. The number of aryl methyl sites for hydroxylation is 2. The van der Waals surface area contributed by atoms with E-state index in [4.69, 9.17) is 10.7 Å². The molecule has 1 heterocycles. The maximum Gasteiger partial charge on any atom is 0.133 e. The summed E-state index contributed by atoms with van der Waals surface area (Å²) in [6, 6.07) is 2.80. The highest BCUT2D eigenvalue weighted by atomic mass is 16.3. The van der Waals surface area contributed by atoms with Gasteiger partial charge in [0.2, 0.25) is 0 Å². The molecule has 2 aliphatic carbocycles. The van der Waals surface area contributed by atoms with E-state index in [1.807, 2.05) is 0 Å². The molecule has 1 aromatic heterocycles. The zero-order chi connectivity index (χ0) is 14.7. The summed E-state index contributed by atoms with van der Waals surface area (Å²) in [6.45, 7) is 1.38. The second-order valence-corrected chi connectivity index (χ2v) is 6.34. The van der Waals surface area contributed by atoms with Crippen molar-refractivity contribution in [3.8, 4) is 0 Å². The minimum atomic E-state index is 0.180. The fourth-order valence-corrected chi connectivity index (χ4v) is 3.85. The van der Waals surface area contributed by atoms with Crippen molar-refractivity contribution < 1.29 is 5.11 Å². The molecular weight excluding hydrogens is 262 g/mol. The van der Waals surface area contributed by atoms with E-state index in [1.54, 1.807) is 0 Å². The maximum absolute atomic E-state index is 9.46. The van der Waals surface area contributed by atoms with Crippen molar-refractivity contribution in [3.63, 3.8) is 0 Å². The minimum absolute atomic E-state index is 0.180. The fourth-order valence-electron chi connectivity index (χ4n) is 3.85. The third-order valence-electron chi connectivity index (χ3n) is 4.96. The van der Waals surface area contributed by atoms with E-state index >= 15 is 0 Å². The van der Waals surface area contributed by atoms with Gasteiger partial charge in [0.1, 0.15) is 5.82 Å². The molecule has 116 valence electrons. The van der Waals surface area contributed by atoms with Gasteiger partial charge in [0.05, 0.1) is 6.61 Å². The summed E-state index contributed by atoms with van der Waals surface area (Å²) < 4.78 is 0. The maximum atomic E-state index is 9.46. The Bertz CT molecular complexity index is 483. The Labute approximate surface area is 127 Å². The van der Waals surface area contributed by atoms with E-state index in [1.165, 1.54) is 49.8 Å². The van der Waals surface area contributed by atoms with Crippen molar-refractivity contribution in [3.05, 3.63) is 22.9 Å². The number of aliphatic hydroxyl groups excluding tert-OH is 1. The van der Waals surface area contributed by atoms with Crippen LogP contribution in [-0.2, 0) is 19.4 Å². The van der Waals surface area contributed by atoms with Gasteiger partial charge in [-0.25, -0.2) is 4.98 Å². The van der Waals surface area contributed by atoms with Gasteiger partial charge in [-0.05, 0) is 50.2 Å². The number of anilines is 1. The molecule has 1 aromatic rings. The third kappa shape index (κ3) is 3.06. The van der Waals surface area contributed by atoms with Gasteiger partial charge >= 0.3 is 0 Å². The predicted octanol–water partition coefficient (Wildman–Crippen LogP) is 2.16. The number of fused-ring (bicyclic) bond motifs is 1. The number of nitrogens with zero attached hydrogens (tertiary/aromatic N) is 2. The van der Waals surface area contributed by atoms with E-state index in [-0.39, 0.29) is 6.61 Å². The normalized spacial score (nSPS) is 18.8. The average Bonchev–Trinajstić information content (AvgIpc) is 3.05. The molecule has 1 fully saturated rings. The van der Waals surface area contributed by atoms with Crippen LogP contribution >= 0.6 is 0 Å². The number of aromatic nitrogens is 1. The van der Waals surface area contributed by atoms with Gasteiger partial charge in [-0.15, -0.1) is 0 Å². The lowest BCUT2D eigenvalue weighted by Crippen LogP contribution is -2.37. The van der Waals surface area contributed by atoms with Crippen LogP contribution < -0.4 is 10.6 Å². The highest BCUT2D eigenvalue weighted by Crippen LogP contribution is 2.31. The summed E-state index contributed by atoms with van der Waals surface area (Å²) >= 11 is 0. The van der Waals surface area contributed by atoms with Crippen LogP contribution in [0.1, 0.15) is 55.3 Å². The lowest BCUT2D eigenvalue weighted by Gasteiger charge is -2.32. The molecule has 0 bridgehead atoms. The number of hydrogen-bond acceptors (Lipinski definition) is 4. The molecule has 3 rings (SSSR count). The molecule has 21 heavy (non-hydrogen) atoms. The van der Waals surface area contributed by atoms with Crippen LogP contribution in [0.5, 0.6) is 0 Å². The Morgan fingerprint density at radius 1 is 1.19 bits per heavy atom. The van der Waals surface area contributed by atoms with Gasteiger partial charge in [0.25, 0.3) is 0 Å². The fraction of sp³-hybridized carbons (Fsp3) is 0.706. The van der Waals surface area contributed by atoms with Crippen LogP contribution in [-0.4, -0.2) is 29.3 Å². The quantitative estimate of drug-likeness (QED) is 0.872. The minimum Gasteiger partial charge on any atom is -0.395 e. The summed E-state index contributed by atoms with van der Waals surface area (Å²) in [5.74, 6) is 1.04. The van der Waals surface area contributed by atoms with E-state index in [9.17, 15) is 5.11 Å². The first-order valence-electron chi connectivity index (χ1n) is 8.42. The number of rotatable bonds is 5. The Morgan fingerprint density at radius 3 is 2.67 bits per heavy atom. The third-order valence-corrected chi connectivity index (χ3v) is 4.96. The lowest BCUT2D eigenvalue weighted by molar-refractivity contribution is 0.296. The second kappa shape index (κ2) is 6.75. The van der Waals surface area contributed by atoms with Crippen molar-refractivity contribution in [2.45, 2.75) is 64.0 Å². The summed E-state index contributed by atoms with van der Waals surface area (Å²) in [5.41, 5.74) is 9.78. The van der Waals surface area contributed by atoms with Crippen LogP contribution in [0.15, 0.2) is 6.07 Å². The topological polar surface area (TPSA) is 62.4 Å². The number of hydrogen-bond donors (Lipinski definition) is 2. The van der Waals surface area contributed by atoms with Crippen LogP contribution in [0.25, 0.3) is 0 Å². The molecule has 0 aromatic carbocycles. The first-order valence-corrected chi connectivity index (χ1v) is 8.42. The van der Waals surface area contributed by atoms with Gasteiger partial charge in [-0.1, -0.05) is 12.8 Å². The zero-order valence-corrected chi connectivity index (χ0v) is 12.9. The molecule has 0 spiro atoms. The zero-order valence-electron chi connectivity index (χ0n) is 12.9. The molecule has 0 atom stereocenters. The number of nitrogens with two attached hydrogens (primary N) is 1. The van der Waals surface area contributed by atoms with Gasteiger partial charge in [-0.2, -0.15) is 0 Å². The van der Waals surface area contributed by atoms with Crippen LogP contribution in [0.2, 0.25) is 0 Å². The molecule has 0 amide bonds. The van der Waals surface area contributed by atoms with Crippen LogP contribution in [0, 0.1) is 0 Å². The van der Waals surface area contributed by atoms with Crippen molar-refractivity contribution in [1.82, 2.24) is 4.98 Å². The standard InChI is InChI=1S/C17H27N3O/c18-12-14-11-13-5-1-4-8-16(13)19-17(14)20(9-10-21)15-6-2-3-7-15/h11,15,21H,1-10,12,18H2. The van der Waals surface area contributed by atoms with E-state index in [0.29, 0.717) is 19.1 Å². The summed E-state index contributed by atoms with van der Waals surface area (Å²) in [7, 11) is 0. The number of pyridine rings is 1. The molecule has 0 unspecified atom stereocenters. The van der Waals surface area contributed by atoms with Gasteiger partial charge in [0, 0.05) is 30.4 Å². The van der Waals surface area contributed by atoms with Crippen molar-refractivity contribution in [2.75, 3.05) is 18.1 Å². The predicted molar refractivity (Wildman–Crippen MR) is 85.5 cm³/mol. The van der Waals surface area contributed by atoms with Crippen molar-refractivity contribution in [2.24, 2.45) is 5.73 Å². The molecule has 2 aliphatic rings. The van der Waals surface area contributed by atoms with Gasteiger partial charge < -0.3 is 15.7 Å². The first kappa shape index (κ1) is 14.8. The van der Waals surface area contributed by atoms with E-state index in [0.717, 1.165) is 24.2 Å². The number of aliphatic hydroxyl groups is 1. The summed E-state index contributed by atoms with van der Waals surface area (Å²) in [4.78, 5) is 7.31. The monoisotopic (exact) mass is 289 g/mol.